The van der Waals surface area contributed by atoms with Crippen LogP contribution < -0.4 is 15.5 Å². The maximum absolute atomic E-state index is 15.1. The molecule has 2 aromatic carbocycles. The van der Waals surface area contributed by atoms with Gasteiger partial charge in [0, 0.05) is 25.6 Å². The van der Waals surface area contributed by atoms with Crippen LogP contribution in [-0.2, 0) is 25.6 Å². The van der Waals surface area contributed by atoms with E-state index in [1.807, 2.05) is 0 Å². The van der Waals surface area contributed by atoms with Gasteiger partial charge in [-0.05, 0) is 50.1 Å². The summed E-state index contributed by atoms with van der Waals surface area (Å²) in [6, 6.07) is 10.8. The van der Waals surface area contributed by atoms with Crippen LogP contribution in [0.25, 0.3) is 11.1 Å². The van der Waals surface area contributed by atoms with Crippen LogP contribution in [0.4, 0.5) is 19.7 Å². The zero-order chi connectivity index (χ0) is 29.0. The van der Waals surface area contributed by atoms with E-state index >= 15 is 4.39 Å². The number of cyclic esters (lactones) is 1. The van der Waals surface area contributed by atoms with Crippen molar-refractivity contribution < 1.29 is 33.0 Å². The van der Waals surface area contributed by atoms with Crippen LogP contribution in [0.2, 0.25) is 0 Å². The summed E-state index contributed by atoms with van der Waals surface area (Å²) < 4.78 is 25.7. The first-order valence-corrected chi connectivity index (χ1v) is 13.0. The van der Waals surface area contributed by atoms with Gasteiger partial charge >= 0.3 is 12.2 Å². The molecule has 2 aliphatic heterocycles. The van der Waals surface area contributed by atoms with Crippen LogP contribution in [0.5, 0.6) is 0 Å². The number of amides is 4. The van der Waals surface area contributed by atoms with E-state index in [1.54, 1.807) is 69.3 Å². The quantitative estimate of drug-likeness (QED) is 0.506. The van der Waals surface area contributed by atoms with Crippen molar-refractivity contribution in [1.29, 1.82) is 0 Å². The first kappa shape index (κ1) is 28.6. The van der Waals surface area contributed by atoms with E-state index in [1.165, 1.54) is 22.8 Å². The summed E-state index contributed by atoms with van der Waals surface area (Å²) >= 11 is 0. The molecular formula is C29H33FN4O6. The Bertz CT molecular complexity index is 1320. The largest absolute Gasteiger partial charge is 0.444 e. The SMILES string of the molecule is CC(=O)NC[C@H]1CN(c2ccc(-c3ccc(CNC(=O)[C@@H]4C=CCN4C(=O)OC(C)(C)C)cc3)c(F)c2)C(=O)O1. The monoisotopic (exact) mass is 552 g/mol. The number of nitrogens with zero attached hydrogens (tertiary/aromatic N) is 2. The molecule has 1 fully saturated rings. The van der Waals surface area contributed by atoms with Crippen molar-refractivity contribution in [3.05, 3.63) is 66.0 Å². The van der Waals surface area contributed by atoms with Gasteiger partial charge in [-0.15, -0.1) is 0 Å². The van der Waals surface area contributed by atoms with Gasteiger partial charge in [-0.25, -0.2) is 14.0 Å². The zero-order valence-electron chi connectivity index (χ0n) is 22.9. The number of ether oxygens (including phenoxy) is 2. The minimum absolute atomic E-state index is 0.185. The van der Waals surface area contributed by atoms with Crippen molar-refractivity contribution >= 4 is 29.7 Å². The second kappa shape index (κ2) is 11.8. The number of benzene rings is 2. The lowest BCUT2D eigenvalue weighted by atomic mass is 10.0. The van der Waals surface area contributed by atoms with E-state index in [0.29, 0.717) is 23.4 Å². The topological polar surface area (TPSA) is 117 Å². The van der Waals surface area contributed by atoms with Gasteiger partial charge in [0.1, 0.15) is 23.6 Å². The summed E-state index contributed by atoms with van der Waals surface area (Å²) in [6.07, 6.45) is 1.74. The predicted molar refractivity (Wildman–Crippen MR) is 146 cm³/mol. The smallest absolute Gasteiger partial charge is 0.414 e. The van der Waals surface area contributed by atoms with Crippen LogP contribution in [0, 0.1) is 5.82 Å². The maximum Gasteiger partial charge on any atom is 0.414 e. The van der Waals surface area contributed by atoms with Crippen LogP contribution in [0.15, 0.2) is 54.6 Å². The minimum atomic E-state index is -0.754. The van der Waals surface area contributed by atoms with Gasteiger partial charge in [-0.1, -0.05) is 36.4 Å². The predicted octanol–water partition coefficient (Wildman–Crippen LogP) is 3.75. The lowest BCUT2D eigenvalue weighted by Gasteiger charge is -2.28. The molecule has 2 heterocycles. The molecule has 11 heteroatoms. The second-order valence-electron chi connectivity index (χ2n) is 10.6. The highest BCUT2D eigenvalue weighted by Gasteiger charge is 2.34. The number of rotatable bonds is 7. The van der Waals surface area contributed by atoms with Gasteiger partial charge in [0.25, 0.3) is 0 Å². The molecule has 2 atom stereocenters. The van der Waals surface area contributed by atoms with Gasteiger partial charge in [-0.2, -0.15) is 0 Å². The molecule has 40 heavy (non-hydrogen) atoms. The third-order valence-corrected chi connectivity index (χ3v) is 6.30. The first-order chi connectivity index (χ1) is 18.9. The molecule has 1 saturated heterocycles. The van der Waals surface area contributed by atoms with Crippen LogP contribution in [-0.4, -0.2) is 66.3 Å². The number of nitrogens with one attached hydrogen (secondary N) is 2. The third kappa shape index (κ3) is 6.96. The Kier molecular flexibility index (Phi) is 8.41. The third-order valence-electron chi connectivity index (χ3n) is 6.30. The van der Waals surface area contributed by atoms with E-state index in [0.717, 1.165) is 5.56 Å². The number of hydrogen-bond donors (Lipinski definition) is 2. The average molecular weight is 553 g/mol. The number of anilines is 1. The molecule has 2 N–H and O–H groups in total. The minimum Gasteiger partial charge on any atom is -0.444 e. The molecule has 4 amide bonds. The Morgan fingerprint density at radius 1 is 1.10 bits per heavy atom. The molecular weight excluding hydrogens is 519 g/mol. The van der Waals surface area contributed by atoms with E-state index < -0.39 is 35.8 Å². The molecule has 2 aliphatic rings. The molecule has 0 unspecified atom stereocenters. The number of carbonyl (C=O) groups is 4. The fourth-order valence-corrected chi connectivity index (χ4v) is 4.36. The summed E-state index contributed by atoms with van der Waals surface area (Å²) in [5.74, 6) is -1.06. The van der Waals surface area contributed by atoms with Crippen molar-refractivity contribution in [2.45, 2.75) is 52.0 Å². The zero-order valence-corrected chi connectivity index (χ0v) is 22.9. The summed E-state index contributed by atoms with van der Waals surface area (Å²) in [5.41, 5.74) is 1.47. The standard InChI is InChI=1S/C29H33FN4O6/c1-18(35)31-16-22-17-34(27(37)39-22)21-11-12-23(24(30)14-21)20-9-7-19(8-10-20)15-32-26(36)25-6-5-13-33(25)28(38)40-29(2,3)4/h5-12,14,22,25H,13,15-17H2,1-4H3,(H,31,35)(H,32,36)/t22-,25-/m0/s1. The van der Waals surface area contributed by atoms with Gasteiger partial charge in [0.05, 0.1) is 18.8 Å². The van der Waals surface area contributed by atoms with Gasteiger partial charge in [0.2, 0.25) is 11.8 Å². The van der Waals surface area contributed by atoms with Gasteiger partial charge < -0.3 is 20.1 Å². The first-order valence-electron chi connectivity index (χ1n) is 13.0. The summed E-state index contributed by atoms with van der Waals surface area (Å²) in [7, 11) is 0. The number of halogens is 1. The molecule has 0 spiro atoms. The summed E-state index contributed by atoms with van der Waals surface area (Å²) in [4.78, 5) is 51.2. The molecule has 0 bridgehead atoms. The normalized spacial score (nSPS) is 18.5. The number of hydrogen-bond acceptors (Lipinski definition) is 6. The Morgan fingerprint density at radius 3 is 2.48 bits per heavy atom. The second-order valence-corrected chi connectivity index (χ2v) is 10.6. The molecule has 0 saturated carbocycles. The van der Waals surface area contributed by atoms with Crippen molar-refractivity contribution in [1.82, 2.24) is 15.5 Å². The van der Waals surface area contributed by atoms with E-state index in [2.05, 4.69) is 10.6 Å². The Labute approximate surface area is 232 Å². The molecule has 10 nitrogen and oxygen atoms in total. The van der Waals surface area contributed by atoms with Crippen LogP contribution >= 0.6 is 0 Å². The van der Waals surface area contributed by atoms with Gasteiger partial charge in [-0.3, -0.25) is 19.4 Å². The van der Waals surface area contributed by atoms with Gasteiger partial charge in [0.15, 0.2) is 0 Å². The number of carbonyl (C=O) groups excluding carboxylic acids is 4. The molecule has 0 radical (unpaired) electrons. The van der Waals surface area contributed by atoms with Crippen molar-refractivity contribution in [2.75, 3.05) is 24.5 Å². The Morgan fingerprint density at radius 2 is 1.82 bits per heavy atom. The van der Waals surface area contributed by atoms with E-state index in [9.17, 15) is 19.2 Å². The Hall–Kier alpha value is -4.41. The lowest BCUT2D eigenvalue weighted by Crippen LogP contribution is -2.47. The van der Waals surface area contributed by atoms with Crippen molar-refractivity contribution in [3.8, 4) is 11.1 Å². The summed E-state index contributed by atoms with van der Waals surface area (Å²) in [6.45, 7) is 7.58. The van der Waals surface area contributed by atoms with Crippen molar-refractivity contribution in [3.63, 3.8) is 0 Å². The highest BCUT2D eigenvalue weighted by molar-refractivity contribution is 5.90. The van der Waals surface area contributed by atoms with Crippen LogP contribution in [0.1, 0.15) is 33.3 Å². The highest BCUT2D eigenvalue weighted by atomic mass is 19.1. The fraction of sp³-hybridized carbons (Fsp3) is 0.379. The molecule has 4 rings (SSSR count). The summed E-state index contributed by atoms with van der Waals surface area (Å²) in [5, 5.41) is 5.44. The molecule has 0 aliphatic carbocycles. The van der Waals surface area contributed by atoms with E-state index in [-0.39, 0.29) is 31.4 Å². The van der Waals surface area contributed by atoms with Crippen LogP contribution in [0.3, 0.4) is 0 Å². The Balaban J connectivity index is 1.35. The molecule has 212 valence electrons. The fourth-order valence-electron chi connectivity index (χ4n) is 4.36. The molecule has 2 aromatic rings. The van der Waals surface area contributed by atoms with Crippen molar-refractivity contribution in [2.24, 2.45) is 0 Å². The lowest BCUT2D eigenvalue weighted by molar-refractivity contribution is -0.124. The molecule has 0 aromatic heterocycles. The highest BCUT2D eigenvalue weighted by Crippen LogP contribution is 2.29. The maximum atomic E-state index is 15.1. The van der Waals surface area contributed by atoms with E-state index in [4.69, 9.17) is 9.47 Å². The average Bonchev–Trinajstić information content (AvgIpc) is 3.52.